The maximum atomic E-state index is 13.1. The smallest absolute Gasteiger partial charge is 0.150 e. The molecule has 2 nitrogen and oxygen atoms in total. The van der Waals surface area contributed by atoms with Crippen molar-refractivity contribution in [1.29, 1.82) is 0 Å². The molecule has 0 aromatic heterocycles. The molecule has 0 heterocycles. The first-order chi connectivity index (χ1) is 8.06. The van der Waals surface area contributed by atoms with Gasteiger partial charge in [0.2, 0.25) is 0 Å². The summed E-state index contributed by atoms with van der Waals surface area (Å²) in [6, 6.07) is 9.94. The van der Waals surface area contributed by atoms with E-state index in [4.69, 9.17) is 10.5 Å². The molecule has 17 heavy (non-hydrogen) atoms. The monoisotopic (exact) mass is 295 g/mol. The van der Waals surface area contributed by atoms with Crippen LogP contribution in [0.4, 0.5) is 10.1 Å². The summed E-state index contributed by atoms with van der Waals surface area (Å²) in [4.78, 5) is 0. The highest BCUT2D eigenvalue weighted by atomic mass is 79.9. The molecular formula is C13H11BrFNO. The normalized spacial score (nSPS) is 10.3. The van der Waals surface area contributed by atoms with Gasteiger partial charge in [-0.15, -0.1) is 0 Å². The Hall–Kier alpha value is -1.55. The zero-order valence-corrected chi connectivity index (χ0v) is 10.8. The first kappa shape index (κ1) is 11.9. The summed E-state index contributed by atoms with van der Waals surface area (Å²) in [6.07, 6.45) is 0. The van der Waals surface area contributed by atoms with E-state index in [0.717, 1.165) is 4.47 Å². The molecule has 4 heteroatoms. The van der Waals surface area contributed by atoms with Crippen LogP contribution in [0.25, 0.3) is 0 Å². The quantitative estimate of drug-likeness (QED) is 0.840. The average Bonchev–Trinajstić information content (AvgIpc) is 2.27. The number of aryl methyl sites for hydroxylation is 1. The van der Waals surface area contributed by atoms with Crippen molar-refractivity contribution in [1.82, 2.24) is 0 Å². The molecule has 0 fully saturated rings. The third-order valence-electron chi connectivity index (χ3n) is 2.33. The highest BCUT2D eigenvalue weighted by Gasteiger charge is 2.04. The van der Waals surface area contributed by atoms with E-state index in [-0.39, 0.29) is 5.82 Å². The summed E-state index contributed by atoms with van der Waals surface area (Å²) in [6.45, 7) is 1.69. The van der Waals surface area contributed by atoms with E-state index >= 15 is 0 Å². The Morgan fingerprint density at radius 2 is 1.94 bits per heavy atom. The fourth-order valence-corrected chi connectivity index (χ4v) is 1.80. The van der Waals surface area contributed by atoms with Crippen molar-refractivity contribution in [3.05, 3.63) is 52.3 Å². The molecule has 0 bridgehead atoms. The highest BCUT2D eigenvalue weighted by Crippen LogP contribution is 2.30. The van der Waals surface area contributed by atoms with Crippen LogP contribution in [0, 0.1) is 12.7 Å². The molecule has 2 aromatic rings. The number of ether oxygens (including phenoxy) is 1. The molecule has 2 aromatic carbocycles. The van der Waals surface area contributed by atoms with Gasteiger partial charge in [0.1, 0.15) is 17.3 Å². The van der Waals surface area contributed by atoms with Crippen molar-refractivity contribution in [2.45, 2.75) is 6.92 Å². The molecule has 0 atom stereocenters. The van der Waals surface area contributed by atoms with E-state index in [0.29, 0.717) is 22.7 Å². The van der Waals surface area contributed by atoms with Gasteiger partial charge in [-0.1, -0.05) is 15.9 Å². The van der Waals surface area contributed by atoms with Crippen LogP contribution in [0.2, 0.25) is 0 Å². The molecule has 0 saturated heterocycles. The molecule has 0 unspecified atom stereocenters. The van der Waals surface area contributed by atoms with Crippen LogP contribution in [0.15, 0.2) is 40.9 Å². The third kappa shape index (κ3) is 2.77. The summed E-state index contributed by atoms with van der Waals surface area (Å²) in [5, 5.41) is 0. The lowest BCUT2D eigenvalue weighted by atomic mass is 10.2. The average molecular weight is 296 g/mol. The van der Waals surface area contributed by atoms with Gasteiger partial charge < -0.3 is 10.5 Å². The van der Waals surface area contributed by atoms with Crippen LogP contribution in [-0.2, 0) is 0 Å². The van der Waals surface area contributed by atoms with Gasteiger partial charge in [-0.3, -0.25) is 0 Å². The van der Waals surface area contributed by atoms with E-state index in [1.165, 1.54) is 6.07 Å². The molecule has 0 aliphatic rings. The van der Waals surface area contributed by atoms with Crippen LogP contribution in [-0.4, -0.2) is 0 Å². The second kappa shape index (κ2) is 4.75. The van der Waals surface area contributed by atoms with Gasteiger partial charge in [-0.05, 0) is 48.9 Å². The van der Waals surface area contributed by atoms with E-state index in [9.17, 15) is 4.39 Å². The van der Waals surface area contributed by atoms with Crippen LogP contribution in [0.5, 0.6) is 11.5 Å². The lowest BCUT2D eigenvalue weighted by molar-refractivity contribution is 0.482. The van der Waals surface area contributed by atoms with Gasteiger partial charge in [-0.2, -0.15) is 0 Å². The van der Waals surface area contributed by atoms with Gasteiger partial charge >= 0.3 is 0 Å². The van der Waals surface area contributed by atoms with Crippen LogP contribution in [0.3, 0.4) is 0 Å². The Morgan fingerprint density at radius 1 is 1.18 bits per heavy atom. The minimum atomic E-state index is -0.249. The van der Waals surface area contributed by atoms with Crippen LogP contribution < -0.4 is 10.5 Å². The van der Waals surface area contributed by atoms with Gasteiger partial charge in [0.15, 0.2) is 0 Å². The third-order valence-corrected chi connectivity index (χ3v) is 2.82. The molecule has 2 N–H and O–H groups in total. The number of anilines is 1. The molecule has 0 aliphatic heterocycles. The first-order valence-electron chi connectivity index (χ1n) is 5.05. The van der Waals surface area contributed by atoms with Gasteiger partial charge in [0.05, 0.1) is 5.69 Å². The maximum Gasteiger partial charge on any atom is 0.150 e. The summed E-state index contributed by atoms with van der Waals surface area (Å²) in [5.41, 5.74) is 6.88. The molecule has 0 amide bonds. The lowest BCUT2D eigenvalue weighted by Crippen LogP contribution is -1.92. The summed E-state index contributed by atoms with van der Waals surface area (Å²) in [5.74, 6) is 0.873. The fraction of sp³-hybridized carbons (Fsp3) is 0.0769. The number of benzene rings is 2. The fourth-order valence-electron chi connectivity index (χ4n) is 1.42. The van der Waals surface area contributed by atoms with Crippen molar-refractivity contribution < 1.29 is 9.13 Å². The van der Waals surface area contributed by atoms with E-state index in [1.54, 1.807) is 31.2 Å². The molecule has 0 aliphatic carbocycles. The zero-order chi connectivity index (χ0) is 12.4. The van der Waals surface area contributed by atoms with Gasteiger partial charge in [-0.25, -0.2) is 4.39 Å². The van der Waals surface area contributed by atoms with Gasteiger partial charge in [0, 0.05) is 4.47 Å². The second-order valence-corrected chi connectivity index (χ2v) is 4.61. The zero-order valence-electron chi connectivity index (χ0n) is 9.21. The Morgan fingerprint density at radius 3 is 2.59 bits per heavy atom. The van der Waals surface area contributed by atoms with Crippen LogP contribution in [0.1, 0.15) is 5.56 Å². The Labute approximate surface area is 107 Å². The lowest BCUT2D eigenvalue weighted by Gasteiger charge is -2.09. The second-order valence-electron chi connectivity index (χ2n) is 3.70. The standard InChI is InChI=1S/C13H11BrFNO/c1-8-6-10(3-4-11(8)15)17-13-5-2-9(14)7-12(13)16/h2-7H,16H2,1H3. The number of hydrogen-bond acceptors (Lipinski definition) is 2. The predicted molar refractivity (Wildman–Crippen MR) is 69.8 cm³/mol. The number of nitrogen functional groups attached to an aromatic ring is 1. The van der Waals surface area contributed by atoms with Gasteiger partial charge in [0.25, 0.3) is 0 Å². The topological polar surface area (TPSA) is 35.2 Å². The van der Waals surface area contributed by atoms with Crippen molar-refractivity contribution >= 4 is 21.6 Å². The molecular weight excluding hydrogens is 285 g/mol. The summed E-state index contributed by atoms with van der Waals surface area (Å²) in [7, 11) is 0. The van der Waals surface area contributed by atoms with E-state index in [1.807, 2.05) is 6.07 Å². The van der Waals surface area contributed by atoms with Crippen LogP contribution >= 0.6 is 15.9 Å². The molecule has 88 valence electrons. The highest BCUT2D eigenvalue weighted by molar-refractivity contribution is 9.10. The van der Waals surface area contributed by atoms with Crippen molar-refractivity contribution in [3.63, 3.8) is 0 Å². The predicted octanol–water partition coefficient (Wildman–Crippen LogP) is 4.27. The Bertz CT molecular complexity index is 557. The van der Waals surface area contributed by atoms with Crippen molar-refractivity contribution in [2.75, 3.05) is 5.73 Å². The molecule has 0 saturated carbocycles. The van der Waals surface area contributed by atoms with Crippen molar-refractivity contribution in [2.24, 2.45) is 0 Å². The SMILES string of the molecule is Cc1cc(Oc2ccc(Br)cc2N)ccc1F. The number of halogens is 2. The van der Waals surface area contributed by atoms with E-state index in [2.05, 4.69) is 15.9 Å². The number of hydrogen-bond donors (Lipinski definition) is 1. The number of nitrogens with two attached hydrogens (primary N) is 1. The summed E-state index contributed by atoms with van der Waals surface area (Å²) < 4.78 is 19.6. The molecule has 0 spiro atoms. The number of rotatable bonds is 2. The minimum absolute atomic E-state index is 0.249. The minimum Gasteiger partial charge on any atom is -0.455 e. The molecule has 2 rings (SSSR count). The Balaban J connectivity index is 2.28. The van der Waals surface area contributed by atoms with Crippen molar-refractivity contribution in [3.8, 4) is 11.5 Å². The first-order valence-corrected chi connectivity index (χ1v) is 5.84. The molecule has 0 radical (unpaired) electrons. The largest absolute Gasteiger partial charge is 0.455 e. The maximum absolute atomic E-state index is 13.1. The Kier molecular flexibility index (Phi) is 3.33. The summed E-state index contributed by atoms with van der Waals surface area (Å²) >= 11 is 3.32. The van der Waals surface area contributed by atoms with E-state index < -0.39 is 0 Å².